The highest BCUT2D eigenvalue weighted by Crippen LogP contribution is 2.15. The van der Waals surface area contributed by atoms with Crippen LogP contribution in [0.15, 0.2) is 21.6 Å². The van der Waals surface area contributed by atoms with Gasteiger partial charge in [0.1, 0.15) is 12.4 Å². The number of hydrogen-bond acceptors (Lipinski definition) is 5. The first kappa shape index (κ1) is 14.0. The molecule has 98 valence electrons. The van der Waals surface area contributed by atoms with Crippen LogP contribution in [0.2, 0.25) is 0 Å². The van der Waals surface area contributed by atoms with Gasteiger partial charge in [0.2, 0.25) is 5.09 Å². The standard InChI is InChI=1S/C8H12F2N2O4S/c9-8(10,5-13)4-12-17(14,15)7-2-1-6(3-11)16-7/h1-2,12-13H,3-5,11H2. The second kappa shape index (κ2) is 5.08. The molecule has 1 rings (SSSR count). The molecule has 0 unspecified atom stereocenters. The number of nitrogens with one attached hydrogen (secondary N) is 1. The average Bonchev–Trinajstić information content (AvgIpc) is 2.76. The highest BCUT2D eigenvalue weighted by molar-refractivity contribution is 7.89. The molecule has 9 heteroatoms. The lowest BCUT2D eigenvalue weighted by molar-refractivity contribution is -0.0437. The maximum atomic E-state index is 12.6. The molecule has 0 spiro atoms. The van der Waals surface area contributed by atoms with Crippen LogP contribution in [0, 0.1) is 0 Å². The number of aliphatic hydroxyl groups excluding tert-OH is 1. The molecule has 6 nitrogen and oxygen atoms in total. The van der Waals surface area contributed by atoms with Gasteiger partial charge in [0.25, 0.3) is 15.9 Å². The van der Waals surface area contributed by atoms with E-state index in [-0.39, 0.29) is 12.3 Å². The highest BCUT2D eigenvalue weighted by atomic mass is 32.2. The summed E-state index contributed by atoms with van der Waals surface area (Å²) in [5.41, 5.74) is 5.21. The van der Waals surface area contributed by atoms with Gasteiger partial charge in [0.05, 0.1) is 13.1 Å². The van der Waals surface area contributed by atoms with Gasteiger partial charge in [0, 0.05) is 0 Å². The lowest BCUT2D eigenvalue weighted by Crippen LogP contribution is -2.38. The van der Waals surface area contributed by atoms with Crippen LogP contribution in [0.4, 0.5) is 8.78 Å². The van der Waals surface area contributed by atoms with E-state index in [1.54, 1.807) is 4.72 Å². The molecule has 1 aromatic heterocycles. The minimum absolute atomic E-state index is 0.00230. The van der Waals surface area contributed by atoms with E-state index < -0.39 is 34.2 Å². The summed E-state index contributed by atoms with van der Waals surface area (Å²) in [7, 11) is -4.16. The molecular weight excluding hydrogens is 258 g/mol. The Morgan fingerprint density at radius 3 is 2.59 bits per heavy atom. The molecule has 1 aromatic rings. The summed E-state index contributed by atoms with van der Waals surface area (Å²) in [5.74, 6) is -3.30. The van der Waals surface area contributed by atoms with E-state index in [0.29, 0.717) is 0 Å². The molecule has 0 amide bonds. The summed E-state index contributed by atoms with van der Waals surface area (Å²) in [6, 6.07) is 2.44. The highest BCUT2D eigenvalue weighted by Gasteiger charge is 2.31. The number of alkyl halides is 2. The van der Waals surface area contributed by atoms with Gasteiger partial charge in [-0.2, -0.15) is 0 Å². The molecule has 0 saturated heterocycles. The van der Waals surface area contributed by atoms with Gasteiger partial charge in [-0.3, -0.25) is 0 Å². The van der Waals surface area contributed by atoms with Gasteiger partial charge in [0.15, 0.2) is 0 Å². The van der Waals surface area contributed by atoms with E-state index in [9.17, 15) is 17.2 Å². The third-order valence-electron chi connectivity index (χ3n) is 1.86. The topological polar surface area (TPSA) is 106 Å². The molecule has 0 bridgehead atoms. The summed E-state index contributed by atoms with van der Waals surface area (Å²) in [5, 5.41) is 7.79. The largest absolute Gasteiger partial charge is 0.447 e. The van der Waals surface area contributed by atoms with Crippen molar-refractivity contribution < 1.29 is 26.7 Å². The van der Waals surface area contributed by atoms with Crippen molar-refractivity contribution >= 4 is 10.0 Å². The molecular formula is C8H12F2N2O4S. The monoisotopic (exact) mass is 270 g/mol. The molecule has 17 heavy (non-hydrogen) atoms. The fourth-order valence-corrected chi connectivity index (χ4v) is 1.95. The number of halogens is 2. The molecule has 0 aliphatic carbocycles. The molecule has 0 radical (unpaired) electrons. The van der Waals surface area contributed by atoms with Crippen molar-refractivity contribution in [2.24, 2.45) is 5.73 Å². The molecule has 0 atom stereocenters. The number of aliphatic hydroxyl groups is 1. The van der Waals surface area contributed by atoms with Crippen molar-refractivity contribution in [3.05, 3.63) is 17.9 Å². The zero-order chi connectivity index (χ0) is 13.1. The van der Waals surface area contributed by atoms with E-state index in [1.165, 1.54) is 6.07 Å². The van der Waals surface area contributed by atoms with Crippen LogP contribution in [-0.2, 0) is 16.6 Å². The van der Waals surface area contributed by atoms with Crippen LogP contribution in [0.5, 0.6) is 0 Å². The van der Waals surface area contributed by atoms with Gasteiger partial charge in [-0.05, 0) is 12.1 Å². The van der Waals surface area contributed by atoms with Gasteiger partial charge < -0.3 is 15.3 Å². The Kier molecular flexibility index (Phi) is 4.20. The van der Waals surface area contributed by atoms with Crippen LogP contribution in [0.1, 0.15) is 5.76 Å². The van der Waals surface area contributed by atoms with Crippen molar-refractivity contribution in [3.63, 3.8) is 0 Å². The van der Waals surface area contributed by atoms with Crippen molar-refractivity contribution in [2.45, 2.75) is 17.6 Å². The zero-order valence-corrected chi connectivity index (χ0v) is 9.51. The Labute approximate surface area is 96.5 Å². The first-order valence-electron chi connectivity index (χ1n) is 4.58. The molecule has 0 saturated carbocycles. The summed E-state index contributed by atoms with van der Waals surface area (Å²) in [6.45, 7) is -2.64. The summed E-state index contributed by atoms with van der Waals surface area (Å²) >= 11 is 0. The molecule has 0 aliphatic rings. The predicted octanol–water partition coefficient (Wildman–Crippen LogP) is -0.356. The first-order chi connectivity index (χ1) is 7.80. The molecule has 0 aromatic carbocycles. The maximum absolute atomic E-state index is 12.6. The lowest BCUT2D eigenvalue weighted by atomic mass is 10.4. The van der Waals surface area contributed by atoms with Gasteiger partial charge in [-0.1, -0.05) is 0 Å². The van der Waals surface area contributed by atoms with Gasteiger partial charge in [-0.15, -0.1) is 0 Å². The Morgan fingerprint density at radius 1 is 1.47 bits per heavy atom. The third-order valence-corrected chi connectivity index (χ3v) is 3.13. The number of furan rings is 1. The van der Waals surface area contributed by atoms with Crippen LogP contribution < -0.4 is 10.5 Å². The molecule has 1 heterocycles. The minimum atomic E-state index is -4.16. The number of rotatable bonds is 6. The zero-order valence-electron chi connectivity index (χ0n) is 8.69. The Balaban J connectivity index is 2.76. The fourth-order valence-electron chi connectivity index (χ4n) is 0.940. The van der Waals surface area contributed by atoms with E-state index in [4.69, 9.17) is 15.3 Å². The SMILES string of the molecule is NCc1ccc(S(=O)(=O)NCC(F)(F)CO)o1. The van der Waals surface area contributed by atoms with Crippen molar-refractivity contribution in [3.8, 4) is 0 Å². The minimum Gasteiger partial charge on any atom is -0.447 e. The van der Waals surface area contributed by atoms with E-state index in [1.807, 2.05) is 0 Å². The number of hydrogen-bond donors (Lipinski definition) is 3. The summed E-state index contributed by atoms with van der Waals surface area (Å²) in [6.07, 6.45) is 0. The Bertz CT molecular complexity index is 472. The third kappa shape index (κ3) is 3.73. The van der Waals surface area contributed by atoms with Crippen LogP contribution in [-0.4, -0.2) is 32.6 Å². The van der Waals surface area contributed by atoms with E-state index in [0.717, 1.165) is 6.07 Å². The van der Waals surface area contributed by atoms with E-state index >= 15 is 0 Å². The first-order valence-corrected chi connectivity index (χ1v) is 6.06. The van der Waals surface area contributed by atoms with E-state index in [2.05, 4.69) is 0 Å². The summed E-state index contributed by atoms with van der Waals surface area (Å²) < 4.78 is 54.7. The number of sulfonamides is 1. The Hall–Kier alpha value is -1.03. The fraction of sp³-hybridized carbons (Fsp3) is 0.500. The quantitative estimate of drug-likeness (QED) is 0.655. The van der Waals surface area contributed by atoms with Gasteiger partial charge >= 0.3 is 0 Å². The number of nitrogens with two attached hydrogens (primary N) is 1. The van der Waals surface area contributed by atoms with Crippen molar-refractivity contribution in [2.75, 3.05) is 13.2 Å². The second-order valence-corrected chi connectivity index (χ2v) is 4.96. The summed E-state index contributed by atoms with van der Waals surface area (Å²) in [4.78, 5) is 0. The second-order valence-electron chi connectivity index (χ2n) is 3.26. The lowest BCUT2D eigenvalue weighted by Gasteiger charge is -2.13. The predicted molar refractivity (Wildman–Crippen MR) is 53.8 cm³/mol. The Morgan fingerprint density at radius 2 is 2.12 bits per heavy atom. The van der Waals surface area contributed by atoms with Crippen molar-refractivity contribution in [1.29, 1.82) is 0 Å². The maximum Gasteiger partial charge on any atom is 0.283 e. The van der Waals surface area contributed by atoms with Crippen LogP contribution >= 0.6 is 0 Å². The molecule has 4 N–H and O–H groups in total. The smallest absolute Gasteiger partial charge is 0.283 e. The molecule has 0 aliphatic heterocycles. The normalized spacial score (nSPS) is 12.9. The van der Waals surface area contributed by atoms with Crippen LogP contribution in [0.25, 0.3) is 0 Å². The van der Waals surface area contributed by atoms with Crippen LogP contribution in [0.3, 0.4) is 0 Å². The average molecular weight is 270 g/mol. The van der Waals surface area contributed by atoms with Crippen molar-refractivity contribution in [1.82, 2.24) is 4.72 Å². The molecule has 0 fully saturated rings. The van der Waals surface area contributed by atoms with Gasteiger partial charge in [-0.25, -0.2) is 21.9 Å².